The third-order valence-corrected chi connectivity index (χ3v) is 4.52. The highest BCUT2D eigenvalue weighted by Crippen LogP contribution is 2.29. The Balaban J connectivity index is 1.78. The SMILES string of the molecule is CC1COCCC1Oc1ccc2c(c1)c(=O)oc1cc(O)ccc12. The van der Waals surface area contributed by atoms with Crippen LogP contribution >= 0.6 is 0 Å². The van der Waals surface area contributed by atoms with Crippen LogP contribution in [0.3, 0.4) is 0 Å². The molecule has 0 aliphatic carbocycles. The molecule has 0 radical (unpaired) electrons. The van der Waals surface area contributed by atoms with E-state index in [9.17, 15) is 9.90 Å². The maximum atomic E-state index is 12.3. The van der Waals surface area contributed by atoms with Gasteiger partial charge in [-0.1, -0.05) is 6.92 Å². The van der Waals surface area contributed by atoms with Crippen LogP contribution in [0.5, 0.6) is 11.5 Å². The van der Waals surface area contributed by atoms with Gasteiger partial charge in [0.1, 0.15) is 23.2 Å². The molecule has 2 aromatic carbocycles. The third kappa shape index (κ3) is 2.61. The molecule has 1 aliphatic rings. The Labute approximate surface area is 138 Å². The van der Waals surface area contributed by atoms with Crippen molar-refractivity contribution in [3.8, 4) is 11.5 Å². The number of hydrogen-bond acceptors (Lipinski definition) is 5. The maximum Gasteiger partial charge on any atom is 0.344 e. The van der Waals surface area contributed by atoms with E-state index >= 15 is 0 Å². The molecule has 1 fully saturated rings. The average molecular weight is 326 g/mol. The lowest BCUT2D eigenvalue weighted by Gasteiger charge is -2.29. The summed E-state index contributed by atoms with van der Waals surface area (Å²) >= 11 is 0. The standard InChI is InChI=1S/C19H18O5/c1-11-10-22-7-6-17(11)23-13-3-5-14-15-4-2-12(20)8-18(15)24-19(21)16(14)9-13/h2-5,8-9,11,17,20H,6-7,10H2,1H3. The predicted octanol–water partition coefficient (Wildman–Crippen LogP) is 3.46. The second-order valence-corrected chi connectivity index (χ2v) is 6.27. The van der Waals surface area contributed by atoms with Crippen LogP contribution in [0.1, 0.15) is 13.3 Å². The molecule has 4 rings (SSSR count). The number of ether oxygens (including phenoxy) is 2. The Hall–Kier alpha value is -2.53. The highest BCUT2D eigenvalue weighted by atomic mass is 16.5. The van der Waals surface area contributed by atoms with Crippen molar-refractivity contribution in [2.45, 2.75) is 19.4 Å². The molecule has 5 nitrogen and oxygen atoms in total. The Bertz CT molecular complexity index is 959. The zero-order valence-corrected chi connectivity index (χ0v) is 13.3. The fourth-order valence-corrected chi connectivity index (χ4v) is 3.18. The molecular formula is C19H18O5. The number of benzene rings is 2. The molecule has 2 unspecified atom stereocenters. The number of phenols is 1. The lowest BCUT2D eigenvalue weighted by atomic mass is 10.0. The van der Waals surface area contributed by atoms with Gasteiger partial charge in [-0.05, 0) is 30.3 Å². The van der Waals surface area contributed by atoms with E-state index in [1.165, 1.54) is 6.07 Å². The first-order valence-electron chi connectivity index (χ1n) is 8.06. The van der Waals surface area contributed by atoms with Gasteiger partial charge in [0.05, 0.1) is 18.6 Å². The summed E-state index contributed by atoms with van der Waals surface area (Å²) in [6.07, 6.45) is 0.922. The lowest BCUT2D eigenvalue weighted by molar-refractivity contribution is -0.0163. The topological polar surface area (TPSA) is 68.9 Å². The van der Waals surface area contributed by atoms with Gasteiger partial charge in [-0.2, -0.15) is 0 Å². The second kappa shape index (κ2) is 5.83. The molecule has 2 heterocycles. The van der Waals surface area contributed by atoms with E-state index in [1.54, 1.807) is 18.2 Å². The smallest absolute Gasteiger partial charge is 0.344 e. The molecule has 0 saturated carbocycles. The van der Waals surface area contributed by atoms with Crippen LogP contribution in [0.25, 0.3) is 21.7 Å². The first-order chi connectivity index (χ1) is 11.6. The van der Waals surface area contributed by atoms with E-state index in [-0.39, 0.29) is 11.9 Å². The van der Waals surface area contributed by atoms with Gasteiger partial charge in [0, 0.05) is 29.2 Å². The minimum atomic E-state index is -0.437. The van der Waals surface area contributed by atoms with Crippen molar-refractivity contribution in [3.05, 3.63) is 46.8 Å². The molecule has 5 heteroatoms. The quantitative estimate of drug-likeness (QED) is 0.577. The molecular weight excluding hydrogens is 308 g/mol. The molecule has 0 amide bonds. The molecule has 124 valence electrons. The normalized spacial score (nSPS) is 21.2. The molecule has 2 atom stereocenters. The molecule has 24 heavy (non-hydrogen) atoms. The highest BCUT2D eigenvalue weighted by molar-refractivity contribution is 6.04. The summed E-state index contributed by atoms with van der Waals surface area (Å²) in [4.78, 5) is 12.3. The molecule has 1 N–H and O–H groups in total. The van der Waals surface area contributed by atoms with Crippen molar-refractivity contribution in [2.24, 2.45) is 5.92 Å². The van der Waals surface area contributed by atoms with Crippen LogP contribution in [0.15, 0.2) is 45.6 Å². The predicted molar refractivity (Wildman–Crippen MR) is 90.7 cm³/mol. The largest absolute Gasteiger partial charge is 0.508 e. The molecule has 0 spiro atoms. The first-order valence-corrected chi connectivity index (χ1v) is 8.06. The van der Waals surface area contributed by atoms with E-state index in [1.807, 2.05) is 12.1 Å². The molecule has 1 saturated heterocycles. The Kier molecular flexibility index (Phi) is 3.65. The Morgan fingerprint density at radius 1 is 1.12 bits per heavy atom. The van der Waals surface area contributed by atoms with Gasteiger partial charge in [-0.15, -0.1) is 0 Å². The van der Waals surface area contributed by atoms with E-state index in [2.05, 4.69) is 6.92 Å². The van der Waals surface area contributed by atoms with Crippen LogP contribution < -0.4 is 10.4 Å². The van der Waals surface area contributed by atoms with E-state index < -0.39 is 5.63 Å². The van der Waals surface area contributed by atoms with Crippen molar-refractivity contribution < 1.29 is 19.0 Å². The van der Waals surface area contributed by atoms with Crippen LogP contribution in [0, 0.1) is 5.92 Å². The summed E-state index contributed by atoms with van der Waals surface area (Å²) in [5.74, 6) is 1.04. The number of hydrogen-bond donors (Lipinski definition) is 1. The lowest BCUT2D eigenvalue weighted by Crippen LogP contribution is -2.34. The molecule has 3 aromatic rings. The molecule has 0 bridgehead atoms. The second-order valence-electron chi connectivity index (χ2n) is 6.27. The minimum Gasteiger partial charge on any atom is -0.508 e. The monoisotopic (exact) mass is 326 g/mol. The van der Waals surface area contributed by atoms with Crippen molar-refractivity contribution in [1.82, 2.24) is 0 Å². The van der Waals surface area contributed by atoms with Crippen LogP contribution in [0.4, 0.5) is 0 Å². The van der Waals surface area contributed by atoms with Crippen molar-refractivity contribution in [1.29, 1.82) is 0 Å². The highest BCUT2D eigenvalue weighted by Gasteiger charge is 2.23. The number of fused-ring (bicyclic) bond motifs is 3. The summed E-state index contributed by atoms with van der Waals surface area (Å²) in [6, 6.07) is 10.2. The van der Waals surface area contributed by atoms with E-state index in [4.69, 9.17) is 13.9 Å². The van der Waals surface area contributed by atoms with Crippen molar-refractivity contribution in [2.75, 3.05) is 13.2 Å². The van der Waals surface area contributed by atoms with E-state index in [0.717, 1.165) is 17.2 Å². The zero-order valence-electron chi connectivity index (χ0n) is 13.3. The number of aromatic hydroxyl groups is 1. The number of rotatable bonds is 2. The van der Waals surface area contributed by atoms with Crippen LogP contribution in [-0.2, 0) is 4.74 Å². The minimum absolute atomic E-state index is 0.0680. The summed E-state index contributed by atoms with van der Waals surface area (Å²) in [5, 5.41) is 11.6. The average Bonchev–Trinajstić information content (AvgIpc) is 2.57. The summed E-state index contributed by atoms with van der Waals surface area (Å²) < 4.78 is 16.8. The summed E-state index contributed by atoms with van der Waals surface area (Å²) in [7, 11) is 0. The van der Waals surface area contributed by atoms with Gasteiger partial charge in [-0.3, -0.25) is 0 Å². The van der Waals surface area contributed by atoms with Crippen molar-refractivity contribution in [3.63, 3.8) is 0 Å². The van der Waals surface area contributed by atoms with E-state index in [0.29, 0.717) is 35.9 Å². The van der Waals surface area contributed by atoms with Crippen LogP contribution in [0.2, 0.25) is 0 Å². The third-order valence-electron chi connectivity index (χ3n) is 4.52. The van der Waals surface area contributed by atoms with Gasteiger partial charge in [0.2, 0.25) is 0 Å². The summed E-state index contributed by atoms with van der Waals surface area (Å²) in [5.41, 5.74) is -0.0622. The van der Waals surface area contributed by atoms with Gasteiger partial charge in [0.25, 0.3) is 0 Å². The Morgan fingerprint density at radius 2 is 1.96 bits per heavy atom. The summed E-state index contributed by atoms with van der Waals surface area (Å²) in [6.45, 7) is 3.48. The Morgan fingerprint density at radius 3 is 2.79 bits per heavy atom. The van der Waals surface area contributed by atoms with Gasteiger partial charge in [0.15, 0.2) is 0 Å². The van der Waals surface area contributed by atoms with Gasteiger partial charge >= 0.3 is 5.63 Å². The zero-order chi connectivity index (χ0) is 16.7. The van der Waals surface area contributed by atoms with Gasteiger partial charge < -0.3 is 19.0 Å². The number of phenolic OH excluding ortho intramolecular Hbond substituents is 1. The van der Waals surface area contributed by atoms with Gasteiger partial charge in [-0.25, -0.2) is 4.79 Å². The maximum absolute atomic E-state index is 12.3. The molecule has 1 aromatic heterocycles. The van der Waals surface area contributed by atoms with Crippen LogP contribution in [-0.4, -0.2) is 24.4 Å². The fraction of sp³-hybridized carbons (Fsp3) is 0.316. The fourth-order valence-electron chi connectivity index (χ4n) is 3.18. The first kappa shape index (κ1) is 15.0. The molecule has 1 aliphatic heterocycles. The van der Waals surface area contributed by atoms with Crippen molar-refractivity contribution >= 4 is 21.7 Å².